The number of hydrogen-bond donors (Lipinski definition) is 1. The molecule has 0 atom stereocenters. The average Bonchev–Trinajstić information content (AvgIpc) is 2.71. The van der Waals surface area contributed by atoms with Crippen LogP contribution in [-0.2, 0) is 7.05 Å². The van der Waals surface area contributed by atoms with Crippen molar-refractivity contribution in [2.45, 2.75) is 0 Å². The molecule has 0 spiro atoms. The van der Waals surface area contributed by atoms with Gasteiger partial charge in [-0.05, 0) is 30.3 Å². The van der Waals surface area contributed by atoms with Crippen LogP contribution < -0.4 is 10.4 Å². The number of benzene rings is 1. The summed E-state index contributed by atoms with van der Waals surface area (Å²) in [7, 11) is 1.56. The van der Waals surface area contributed by atoms with Gasteiger partial charge in [-0.25, -0.2) is 0 Å². The maximum atomic E-state index is 11.9. The number of carbonyl (C=O) groups is 2. The molecule has 1 N–H and O–H groups in total. The van der Waals surface area contributed by atoms with Crippen LogP contribution in [0.1, 0.15) is 20.8 Å². The number of rotatable bonds is 3. The first-order valence-electron chi connectivity index (χ1n) is 5.42. The number of anilines is 1. The molecular formula is C13H10ClN2O3-. The lowest BCUT2D eigenvalue weighted by molar-refractivity contribution is -0.255. The smallest absolute Gasteiger partial charge is 0.255 e. The van der Waals surface area contributed by atoms with E-state index in [2.05, 4.69) is 5.32 Å². The number of nitrogens with one attached hydrogen (secondary N) is 1. The van der Waals surface area contributed by atoms with Crippen LogP contribution in [-0.4, -0.2) is 16.4 Å². The second-order valence-corrected chi connectivity index (χ2v) is 4.41. The van der Waals surface area contributed by atoms with E-state index in [0.717, 1.165) is 0 Å². The van der Waals surface area contributed by atoms with Crippen molar-refractivity contribution in [3.05, 3.63) is 52.8 Å². The molecule has 1 aromatic carbocycles. The lowest BCUT2D eigenvalue weighted by atomic mass is 10.2. The number of amides is 1. The standard InChI is InChI=1S/C13H11ClN2O3/c1-16-7-10(6-11(16)13(18)19)15-12(17)8-2-4-9(14)5-3-8/h2-7H,1H3,(H,15,17)(H,18,19)/p-1. The quantitative estimate of drug-likeness (QED) is 0.919. The van der Waals surface area contributed by atoms with Crippen LogP contribution in [0.2, 0.25) is 5.02 Å². The van der Waals surface area contributed by atoms with E-state index in [-0.39, 0.29) is 11.6 Å². The number of aromatic carboxylic acids is 1. The molecule has 0 aliphatic rings. The Morgan fingerprint density at radius 2 is 1.89 bits per heavy atom. The van der Waals surface area contributed by atoms with Crippen molar-refractivity contribution in [1.29, 1.82) is 0 Å². The van der Waals surface area contributed by atoms with Gasteiger partial charge in [-0.2, -0.15) is 0 Å². The fourth-order valence-electron chi connectivity index (χ4n) is 1.64. The topological polar surface area (TPSA) is 74.2 Å². The van der Waals surface area contributed by atoms with Crippen molar-refractivity contribution in [2.24, 2.45) is 7.05 Å². The van der Waals surface area contributed by atoms with Gasteiger partial charge >= 0.3 is 0 Å². The number of nitrogens with zero attached hydrogens (tertiary/aromatic N) is 1. The van der Waals surface area contributed by atoms with Crippen molar-refractivity contribution >= 4 is 29.2 Å². The molecule has 0 aliphatic carbocycles. The molecule has 1 amide bonds. The lowest BCUT2D eigenvalue weighted by Gasteiger charge is -2.02. The Balaban J connectivity index is 2.17. The van der Waals surface area contributed by atoms with Gasteiger partial charge in [0.25, 0.3) is 5.91 Å². The molecule has 0 aliphatic heterocycles. The summed E-state index contributed by atoms with van der Waals surface area (Å²) in [5, 5.41) is 13.9. The predicted molar refractivity (Wildman–Crippen MR) is 69.1 cm³/mol. The summed E-state index contributed by atoms with van der Waals surface area (Å²) in [5.74, 6) is -1.64. The Hall–Kier alpha value is -2.27. The minimum Gasteiger partial charge on any atom is -0.543 e. The maximum absolute atomic E-state index is 11.9. The summed E-state index contributed by atoms with van der Waals surface area (Å²) in [5.41, 5.74) is 0.816. The van der Waals surface area contributed by atoms with Gasteiger partial charge in [0.2, 0.25) is 0 Å². The molecule has 0 unspecified atom stereocenters. The molecule has 6 heteroatoms. The van der Waals surface area contributed by atoms with E-state index in [0.29, 0.717) is 16.3 Å². The fraction of sp³-hybridized carbons (Fsp3) is 0.0769. The number of carboxylic acids is 1. The minimum absolute atomic E-state index is 0.00796. The maximum Gasteiger partial charge on any atom is 0.255 e. The highest BCUT2D eigenvalue weighted by atomic mass is 35.5. The zero-order valence-electron chi connectivity index (χ0n) is 10.0. The van der Waals surface area contributed by atoms with Crippen molar-refractivity contribution in [2.75, 3.05) is 5.32 Å². The molecule has 2 aromatic rings. The van der Waals surface area contributed by atoms with Gasteiger partial charge in [-0.1, -0.05) is 11.6 Å². The van der Waals surface area contributed by atoms with Crippen LogP contribution >= 0.6 is 11.6 Å². The van der Waals surface area contributed by atoms with Crippen molar-refractivity contribution in [3.63, 3.8) is 0 Å². The van der Waals surface area contributed by atoms with E-state index in [9.17, 15) is 14.7 Å². The number of hydrogen-bond acceptors (Lipinski definition) is 3. The monoisotopic (exact) mass is 277 g/mol. The fourth-order valence-corrected chi connectivity index (χ4v) is 1.77. The zero-order valence-corrected chi connectivity index (χ0v) is 10.8. The summed E-state index contributed by atoms with van der Waals surface area (Å²) >= 11 is 5.73. The molecular weight excluding hydrogens is 268 g/mol. The van der Waals surface area contributed by atoms with Crippen LogP contribution in [0.4, 0.5) is 5.69 Å². The third-order valence-electron chi connectivity index (χ3n) is 2.58. The Morgan fingerprint density at radius 1 is 1.26 bits per heavy atom. The highest BCUT2D eigenvalue weighted by molar-refractivity contribution is 6.30. The van der Waals surface area contributed by atoms with Crippen LogP contribution in [0.15, 0.2) is 36.5 Å². The molecule has 0 bridgehead atoms. The summed E-state index contributed by atoms with van der Waals surface area (Å²) in [6.07, 6.45) is 1.50. The highest BCUT2D eigenvalue weighted by Crippen LogP contribution is 2.15. The van der Waals surface area contributed by atoms with Gasteiger partial charge in [-0.15, -0.1) is 0 Å². The SMILES string of the molecule is Cn1cc(NC(=O)c2ccc(Cl)cc2)cc1C(=O)[O-]. The van der Waals surface area contributed by atoms with Gasteiger partial charge in [0.1, 0.15) is 0 Å². The van der Waals surface area contributed by atoms with Crippen LogP contribution in [0.25, 0.3) is 0 Å². The second kappa shape index (κ2) is 5.16. The van der Waals surface area contributed by atoms with E-state index in [4.69, 9.17) is 11.6 Å². The normalized spacial score (nSPS) is 10.2. The molecule has 5 nitrogen and oxygen atoms in total. The van der Waals surface area contributed by atoms with Gasteiger partial charge < -0.3 is 19.8 Å². The Morgan fingerprint density at radius 3 is 2.42 bits per heavy atom. The highest BCUT2D eigenvalue weighted by Gasteiger charge is 2.09. The number of halogens is 1. The first kappa shape index (κ1) is 13.2. The lowest BCUT2D eigenvalue weighted by Crippen LogP contribution is -2.24. The number of carboxylic acid groups (broad SMARTS) is 1. The Labute approximate surface area is 114 Å². The molecule has 0 saturated heterocycles. The number of aryl methyl sites for hydroxylation is 1. The first-order valence-corrected chi connectivity index (χ1v) is 5.80. The molecule has 19 heavy (non-hydrogen) atoms. The van der Waals surface area contributed by atoms with Crippen molar-refractivity contribution in [1.82, 2.24) is 4.57 Å². The van der Waals surface area contributed by atoms with E-state index in [1.54, 1.807) is 31.3 Å². The Kier molecular flexibility index (Phi) is 3.57. The van der Waals surface area contributed by atoms with E-state index < -0.39 is 5.97 Å². The van der Waals surface area contributed by atoms with E-state index in [1.807, 2.05) is 0 Å². The van der Waals surface area contributed by atoms with Crippen LogP contribution in [0.3, 0.4) is 0 Å². The Bertz CT molecular complexity index is 632. The van der Waals surface area contributed by atoms with E-state index in [1.165, 1.54) is 16.8 Å². The van der Waals surface area contributed by atoms with Crippen molar-refractivity contribution < 1.29 is 14.7 Å². The molecule has 0 saturated carbocycles. The zero-order chi connectivity index (χ0) is 14.0. The number of aromatic nitrogens is 1. The molecule has 98 valence electrons. The van der Waals surface area contributed by atoms with Gasteiger partial charge in [0.15, 0.2) is 0 Å². The summed E-state index contributed by atoms with van der Waals surface area (Å²) < 4.78 is 1.37. The number of carbonyl (C=O) groups excluding carboxylic acids is 2. The van der Waals surface area contributed by atoms with Crippen LogP contribution in [0.5, 0.6) is 0 Å². The molecule has 1 heterocycles. The third kappa shape index (κ3) is 2.95. The van der Waals surface area contributed by atoms with Gasteiger partial charge in [0, 0.05) is 23.8 Å². The third-order valence-corrected chi connectivity index (χ3v) is 2.83. The summed E-state index contributed by atoms with van der Waals surface area (Å²) in [4.78, 5) is 22.7. The average molecular weight is 278 g/mol. The van der Waals surface area contributed by atoms with Gasteiger partial charge in [-0.3, -0.25) is 4.79 Å². The first-order chi connectivity index (χ1) is 8.97. The molecule has 2 rings (SSSR count). The predicted octanol–water partition coefficient (Wildman–Crippen LogP) is 1.29. The largest absolute Gasteiger partial charge is 0.543 e. The molecule has 1 aromatic heterocycles. The van der Waals surface area contributed by atoms with Crippen LogP contribution in [0, 0.1) is 0 Å². The summed E-state index contributed by atoms with van der Waals surface area (Å²) in [6.45, 7) is 0. The van der Waals surface area contributed by atoms with E-state index >= 15 is 0 Å². The molecule has 0 fully saturated rings. The molecule has 0 radical (unpaired) electrons. The van der Waals surface area contributed by atoms with Gasteiger partial charge in [0.05, 0.1) is 17.4 Å². The van der Waals surface area contributed by atoms with Crippen molar-refractivity contribution in [3.8, 4) is 0 Å². The second-order valence-electron chi connectivity index (χ2n) is 3.97. The minimum atomic E-state index is -1.30. The summed E-state index contributed by atoms with van der Waals surface area (Å²) in [6, 6.07) is 7.71.